The van der Waals surface area contributed by atoms with Crippen molar-refractivity contribution in [1.82, 2.24) is 10.6 Å². The van der Waals surface area contributed by atoms with Gasteiger partial charge in [0, 0.05) is 24.5 Å². The van der Waals surface area contributed by atoms with Gasteiger partial charge in [-0.15, -0.1) is 0 Å². The van der Waals surface area contributed by atoms with E-state index < -0.39 is 12.1 Å². The van der Waals surface area contributed by atoms with E-state index in [1.165, 1.54) is 6.07 Å². The molecule has 0 saturated heterocycles. The quantitative estimate of drug-likeness (QED) is 0.469. The fourth-order valence-electron chi connectivity index (χ4n) is 3.70. The van der Waals surface area contributed by atoms with E-state index in [0.29, 0.717) is 30.9 Å². The summed E-state index contributed by atoms with van der Waals surface area (Å²) in [7, 11) is 0. The van der Waals surface area contributed by atoms with Crippen molar-refractivity contribution in [3.63, 3.8) is 0 Å². The Labute approximate surface area is 151 Å². The minimum Gasteiger partial charge on any atom is -0.354 e. The van der Waals surface area contributed by atoms with Crippen LogP contribution in [0.5, 0.6) is 0 Å². The number of guanidine groups is 1. The third-order valence-electron chi connectivity index (χ3n) is 5.26. The summed E-state index contributed by atoms with van der Waals surface area (Å²) in [5.41, 5.74) is 0.700. The molecule has 2 fully saturated rings. The molecule has 26 heavy (non-hydrogen) atoms. The number of nitrogens with zero attached hydrogens (tertiary/aromatic N) is 1. The smallest absolute Gasteiger partial charge is 0.354 e. The fourth-order valence-corrected chi connectivity index (χ4v) is 3.70. The number of halogens is 4. The van der Waals surface area contributed by atoms with Crippen LogP contribution in [0.3, 0.4) is 0 Å². The lowest BCUT2D eigenvalue weighted by molar-refractivity contribution is -0.182. The highest BCUT2D eigenvalue weighted by Crippen LogP contribution is 2.42. The predicted molar refractivity (Wildman–Crippen MR) is 93.6 cm³/mol. The minimum absolute atomic E-state index is 0.00272. The Balaban J connectivity index is 1.52. The van der Waals surface area contributed by atoms with Crippen LogP contribution in [0.15, 0.2) is 29.3 Å². The van der Waals surface area contributed by atoms with Gasteiger partial charge in [0.05, 0.1) is 5.92 Å². The molecule has 2 aliphatic rings. The highest BCUT2D eigenvalue weighted by Gasteiger charge is 2.42. The van der Waals surface area contributed by atoms with Crippen molar-refractivity contribution in [2.75, 3.05) is 6.54 Å². The molecular formula is C19H25F4N3. The first-order valence-corrected chi connectivity index (χ1v) is 9.27. The van der Waals surface area contributed by atoms with Gasteiger partial charge in [0.2, 0.25) is 0 Å². The summed E-state index contributed by atoms with van der Waals surface area (Å²) in [6.45, 7) is 2.48. The molecule has 2 saturated carbocycles. The molecule has 3 rings (SSSR count). The van der Waals surface area contributed by atoms with E-state index >= 15 is 0 Å². The maximum atomic E-state index is 13.9. The Bertz CT molecular complexity index is 636. The molecule has 0 radical (unpaired) electrons. The van der Waals surface area contributed by atoms with E-state index in [4.69, 9.17) is 0 Å². The molecule has 2 N–H and O–H groups in total. The van der Waals surface area contributed by atoms with E-state index in [-0.39, 0.29) is 36.7 Å². The molecule has 1 aromatic carbocycles. The summed E-state index contributed by atoms with van der Waals surface area (Å²) in [6, 6.07) is 6.86. The zero-order chi connectivity index (χ0) is 18.7. The molecule has 3 nitrogen and oxygen atoms in total. The molecule has 0 aromatic heterocycles. The molecule has 0 heterocycles. The number of rotatable bonds is 4. The van der Waals surface area contributed by atoms with E-state index in [2.05, 4.69) is 15.6 Å². The molecule has 2 atom stereocenters. The van der Waals surface area contributed by atoms with Crippen molar-refractivity contribution in [3.05, 3.63) is 35.6 Å². The van der Waals surface area contributed by atoms with Gasteiger partial charge in [-0.05, 0) is 50.7 Å². The molecule has 7 heteroatoms. The summed E-state index contributed by atoms with van der Waals surface area (Å²) in [5.74, 6) is -0.657. The van der Waals surface area contributed by atoms with E-state index in [0.717, 1.165) is 6.42 Å². The van der Waals surface area contributed by atoms with Crippen LogP contribution in [0.2, 0.25) is 0 Å². The average molecular weight is 371 g/mol. The van der Waals surface area contributed by atoms with Crippen molar-refractivity contribution in [2.24, 2.45) is 10.9 Å². The molecule has 0 bridgehead atoms. The third-order valence-corrected chi connectivity index (χ3v) is 5.26. The van der Waals surface area contributed by atoms with Crippen LogP contribution < -0.4 is 10.6 Å². The Morgan fingerprint density at radius 3 is 2.42 bits per heavy atom. The molecule has 2 aliphatic carbocycles. The second-order valence-corrected chi connectivity index (χ2v) is 7.17. The fraction of sp³-hybridized carbons (Fsp3) is 0.632. The summed E-state index contributed by atoms with van der Waals surface area (Å²) in [6.07, 6.45) is -1.99. The first kappa shape index (κ1) is 19.0. The zero-order valence-electron chi connectivity index (χ0n) is 14.8. The van der Waals surface area contributed by atoms with Crippen LogP contribution in [-0.4, -0.2) is 30.8 Å². The summed E-state index contributed by atoms with van der Waals surface area (Å²) >= 11 is 0. The first-order valence-electron chi connectivity index (χ1n) is 9.27. The largest absolute Gasteiger partial charge is 0.391 e. The minimum atomic E-state index is -4.09. The van der Waals surface area contributed by atoms with Crippen LogP contribution >= 0.6 is 0 Å². The topological polar surface area (TPSA) is 36.4 Å². The Morgan fingerprint density at radius 1 is 1.12 bits per heavy atom. The lowest BCUT2D eigenvalue weighted by atomic mass is 9.85. The number of hydrogen-bond acceptors (Lipinski definition) is 1. The summed E-state index contributed by atoms with van der Waals surface area (Å²) in [4.78, 5) is 4.40. The lowest BCUT2D eigenvalue weighted by Crippen LogP contribution is -2.46. The summed E-state index contributed by atoms with van der Waals surface area (Å²) in [5, 5.41) is 6.57. The zero-order valence-corrected chi connectivity index (χ0v) is 14.8. The van der Waals surface area contributed by atoms with Crippen molar-refractivity contribution in [2.45, 2.75) is 63.2 Å². The molecule has 144 valence electrons. The third kappa shape index (κ3) is 4.68. The van der Waals surface area contributed by atoms with Gasteiger partial charge in [0.15, 0.2) is 5.96 Å². The second kappa shape index (κ2) is 7.84. The molecule has 0 aliphatic heterocycles. The number of hydrogen-bond donors (Lipinski definition) is 2. The highest BCUT2D eigenvalue weighted by molar-refractivity contribution is 5.81. The Kier molecular flexibility index (Phi) is 5.73. The first-order chi connectivity index (χ1) is 12.4. The SMILES string of the molecule is CCN=C(NC1CCC(C(F)(F)F)CC1)NC1CC1c1ccccc1F. The van der Waals surface area contributed by atoms with Gasteiger partial charge in [-0.25, -0.2) is 4.39 Å². The maximum Gasteiger partial charge on any atom is 0.391 e. The standard InChI is InChI=1S/C19H25F4N3/c1-2-24-18(25-13-9-7-12(8-10-13)19(21,22)23)26-17-11-15(17)14-5-3-4-6-16(14)20/h3-6,12-13,15,17H,2,7-11H2,1H3,(H2,24,25,26). The van der Waals surface area contributed by atoms with Crippen molar-refractivity contribution < 1.29 is 17.6 Å². The van der Waals surface area contributed by atoms with Crippen molar-refractivity contribution in [1.29, 1.82) is 0 Å². The lowest BCUT2D eigenvalue weighted by Gasteiger charge is -2.31. The Morgan fingerprint density at radius 2 is 1.81 bits per heavy atom. The monoisotopic (exact) mass is 371 g/mol. The number of benzene rings is 1. The number of aliphatic imine (C=N–C) groups is 1. The number of alkyl halides is 3. The van der Waals surface area contributed by atoms with Gasteiger partial charge in [-0.1, -0.05) is 18.2 Å². The molecule has 2 unspecified atom stereocenters. The van der Waals surface area contributed by atoms with Crippen LogP contribution in [0, 0.1) is 11.7 Å². The van der Waals surface area contributed by atoms with Gasteiger partial charge in [0.25, 0.3) is 0 Å². The maximum absolute atomic E-state index is 13.9. The highest BCUT2D eigenvalue weighted by atomic mass is 19.4. The van der Waals surface area contributed by atoms with Gasteiger partial charge >= 0.3 is 6.18 Å². The van der Waals surface area contributed by atoms with Crippen LogP contribution in [-0.2, 0) is 0 Å². The Hall–Kier alpha value is -1.79. The van der Waals surface area contributed by atoms with Crippen molar-refractivity contribution >= 4 is 5.96 Å². The van der Waals surface area contributed by atoms with Gasteiger partial charge < -0.3 is 10.6 Å². The van der Waals surface area contributed by atoms with Crippen LogP contribution in [0.25, 0.3) is 0 Å². The average Bonchev–Trinajstić information content (AvgIpc) is 3.34. The van der Waals surface area contributed by atoms with E-state index in [9.17, 15) is 17.6 Å². The molecule has 0 spiro atoms. The van der Waals surface area contributed by atoms with Crippen LogP contribution in [0.4, 0.5) is 17.6 Å². The van der Waals surface area contributed by atoms with E-state index in [1.54, 1.807) is 12.1 Å². The molecular weight excluding hydrogens is 346 g/mol. The number of nitrogens with one attached hydrogen (secondary N) is 2. The summed E-state index contributed by atoms with van der Waals surface area (Å²) < 4.78 is 52.2. The van der Waals surface area contributed by atoms with Gasteiger partial charge in [-0.2, -0.15) is 13.2 Å². The molecule has 0 amide bonds. The van der Waals surface area contributed by atoms with E-state index in [1.807, 2.05) is 13.0 Å². The molecule has 1 aromatic rings. The van der Waals surface area contributed by atoms with Crippen LogP contribution in [0.1, 0.15) is 50.5 Å². The van der Waals surface area contributed by atoms with Gasteiger partial charge in [0.1, 0.15) is 5.82 Å². The second-order valence-electron chi connectivity index (χ2n) is 7.17. The van der Waals surface area contributed by atoms with Gasteiger partial charge in [-0.3, -0.25) is 4.99 Å². The normalized spacial score (nSPS) is 29.3. The predicted octanol–water partition coefficient (Wildman–Crippen LogP) is 4.36. The van der Waals surface area contributed by atoms with Crippen molar-refractivity contribution in [3.8, 4) is 0 Å².